The zero-order chi connectivity index (χ0) is 18.7. The largest absolute Gasteiger partial charge is 0.375 e. The van der Waals surface area contributed by atoms with Crippen molar-refractivity contribution in [3.05, 3.63) is 47.1 Å². The van der Waals surface area contributed by atoms with Crippen molar-refractivity contribution in [1.82, 2.24) is 15.0 Å². The summed E-state index contributed by atoms with van der Waals surface area (Å²) in [6, 6.07) is 5.93. The number of likely N-dealkylation sites (tertiary alicyclic amines) is 1. The molecule has 0 amide bonds. The summed E-state index contributed by atoms with van der Waals surface area (Å²) in [5.41, 5.74) is 3.26. The third kappa shape index (κ3) is 4.39. The quantitative estimate of drug-likeness (QED) is 0.696. The number of rotatable bonds is 7. The van der Waals surface area contributed by atoms with Crippen LogP contribution in [0.15, 0.2) is 28.9 Å². The molecule has 2 aliphatic rings. The normalized spacial score (nSPS) is 22.1. The topological polar surface area (TPSA) is 60.6 Å². The third-order valence-corrected chi connectivity index (χ3v) is 5.83. The van der Waals surface area contributed by atoms with Crippen LogP contribution in [0, 0.1) is 19.8 Å². The first-order valence-electron chi connectivity index (χ1n) is 9.89. The molecule has 27 heavy (non-hydrogen) atoms. The fourth-order valence-corrected chi connectivity index (χ4v) is 4.34. The molecule has 6 nitrogen and oxygen atoms in total. The zero-order valence-electron chi connectivity index (χ0n) is 16.3. The van der Waals surface area contributed by atoms with Crippen molar-refractivity contribution in [2.45, 2.75) is 51.9 Å². The predicted octanol–water partition coefficient (Wildman–Crippen LogP) is 3.27. The first-order chi connectivity index (χ1) is 13.1. The number of aromatic nitrogens is 2. The second-order valence-corrected chi connectivity index (χ2v) is 8.00. The summed E-state index contributed by atoms with van der Waals surface area (Å²) in [7, 11) is 0. The average Bonchev–Trinajstić information content (AvgIpc) is 2.97. The van der Waals surface area contributed by atoms with Crippen LogP contribution in [0.5, 0.6) is 0 Å². The van der Waals surface area contributed by atoms with Crippen molar-refractivity contribution in [3.63, 3.8) is 0 Å². The van der Waals surface area contributed by atoms with E-state index in [-0.39, 0.29) is 5.60 Å². The fourth-order valence-electron chi connectivity index (χ4n) is 4.34. The molecule has 6 heteroatoms. The number of ether oxygens (including phenoxy) is 2. The lowest BCUT2D eigenvalue weighted by molar-refractivity contribution is -0.182. The molecular formula is C21H29N3O3. The Balaban J connectivity index is 1.20. The predicted molar refractivity (Wildman–Crippen MR) is 101 cm³/mol. The maximum atomic E-state index is 6.19. The summed E-state index contributed by atoms with van der Waals surface area (Å²) >= 11 is 0. The highest BCUT2D eigenvalue weighted by Gasteiger charge is 2.47. The maximum Gasteiger partial charge on any atom is 0.138 e. The summed E-state index contributed by atoms with van der Waals surface area (Å²) < 4.78 is 17.3. The van der Waals surface area contributed by atoms with Crippen molar-refractivity contribution < 1.29 is 14.0 Å². The van der Waals surface area contributed by atoms with Gasteiger partial charge in [0.25, 0.3) is 0 Å². The molecule has 2 aliphatic heterocycles. The molecule has 2 aromatic heterocycles. The molecule has 4 rings (SSSR count). The van der Waals surface area contributed by atoms with E-state index in [1.807, 2.05) is 38.2 Å². The minimum atomic E-state index is 0.0445. The number of hydrogen-bond acceptors (Lipinski definition) is 6. The van der Waals surface area contributed by atoms with E-state index < -0.39 is 0 Å². The molecule has 2 aromatic rings. The van der Waals surface area contributed by atoms with Crippen LogP contribution in [0.2, 0.25) is 0 Å². The van der Waals surface area contributed by atoms with Crippen molar-refractivity contribution >= 4 is 0 Å². The Hall–Kier alpha value is -1.76. The van der Waals surface area contributed by atoms with Crippen molar-refractivity contribution in [2.75, 3.05) is 26.3 Å². The van der Waals surface area contributed by atoms with E-state index in [0.29, 0.717) is 12.5 Å². The molecule has 0 aromatic carbocycles. The number of hydrogen-bond donors (Lipinski definition) is 0. The van der Waals surface area contributed by atoms with Crippen LogP contribution in [0.3, 0.4) is 0 Å². The average molecular weight is 371 g/mol. The molecule has 1 spiro atoms. The first kappa shape index (κ1) is 18.6. The molecule has 2 fully saturated rings. The third-order valence-electron chi connectivity index (χ3n) is 5.83. The van der Waals surface area contributed by atoms with Gasteiger partial charge in [0.15, 0.2) is 0 Å². The van der Waals surface area contributed by atoms with Crippen LogP contribution in [0.25, 0.3) is 0 Å². The molecule has 0 N–H and O–H groups in total. The molecule has 0 saturated carbocycles. The van der Waals surface area contributed by atoms with Crippen LogP contribution in [0.4, 0.5) is 0 Å². The molecule has 0 bridgehead atoms. The smallest absolute Gasteiger partial charge is 0.138 e. The molecule has 4 heterocycles. The van der Waals surface area contributed by atoms with Crippen LogP contribution in [-0.2, 0) is 22.6 Å². The molecular weight excluding hydrogens is 342 g/mol. The summed E-state index contributed by atoms with van der Waals surface area (Å²) in [6.45, 7) is 9.17. The van der Waals surface area contributed by atoms with E-state index in [9.17, 15) is 0 Å². The van der Waals surface area contributed by atoms with E-state index in [0.717, 1.165) is 69.3 Å². The Kier molecular flexibility index (Phi) is 5.57. The summed E-state index contributed by atoms with van der Waals surface area (Å²) in [5.74, 6) is 1.62. The lowest BCUT2D eigenvalue weighted by Crippen LogP contribution is -2.64. The van der Waals surface area contributed by atoms with Gasteiger partial charge in [0.05, 0.1) is 23.6 Å². The minimum absolute atomic E-state index is 0.0445. The van der Waals surface area contributed by atoms with Gasteiger partial charge in [-0.1, -0.05) is 11.2 Å². The molecule has 0 radical (unpaired) electrons. The second-order valence-electron chi connectivity index (χ2n) is 8.00. The Bertz CT molecular complexity index is 721. The van der Waals surface area contributed by atoms with E-state index in [4.69, 9.17) is 14.0 Å². The van der Waals surface area contributed by atoms with E-state index in [2.05, 4.69) is 15.0 Å². The van der Waals surface area contributed by atoms with Gasteiger partial charge in [-0.05, 0) is 51.2 Å². The Morgan fingerprint density at radius 3 is 2.93 bits per heavy atom. The SMILES string of the molecule is Cc1noc(C)c1CN1CC2(C[C@@H](CCOCc3ccccn3)CCO2)C1. The number of aryl methyl sites for hydroxylation is 2. The number of pyridine rings is 1. The lowest BCUT2D eigenvalue weighted by atomic mass is 9.79. The minimum Gasteiger partial charge on any atom is -0.375 e. The number of nitrogens with zero attached hydrogens (tertiary/aromatic N) is 3. The van der Waals surface area contributed by atoms with Crippen molar-refractivity contribution in [3.8, 4) is 0 Å². The van der Waals surface area contributed by atoms with Gasteiger partial charge in [-0.3, -0.25) is 9.88 Å². The van der Waals surface area contributed by atoms with Crippen LogP contribution in [0.1, 0.15) is 42.0 Å². The Labute approximate surface area is 160 Å². The summed E-state index contributed by atoms with van der Waals surface area (Å²) in [4.78, 5) is 6.73. The van der Waals surface area contributed by atoms with Gasteiger partial charge in [0, 0.05) is 44.6 Å². The summed E-state index contributed by atoms with van der Waals surface area (Å²) in [6.07, 6.45) is 5.18. The standard InChI is InChI=1S/C21H29N3O3/c1-16-20(17(2)27-23-16)12-24-14-21(15-24)11-18(7-10-26-21)6-9-25-13-19-5-3-4-8-22-19/h3-5,8,18H,6-7,9-15H2,1-2H3/t18-/m0/s1. The van der Waals surface area contributed by atoms with Gasteiger partial charge in [0.2, 0.25) is 0 Å². The van der Waals surface area contributed by atoms with E-state index >= 15 is 0 Å². The maximum absolute atomic E-state index is 6.19. The van der Waals surface area contributed by atoms with Crippen LogP contribution < -0.4 is 0 Å². The molecule has 1 atom stereocenters. The molecule has 2 saturated heterocycles. The van der Waals surface area contributed by atoms with Gasteiger partial charge in [-0.25, -0.2) is 0 Å². The highest BCUT2D eigenvalue weighted by atomic mass is 16.5. The fraction of sp³-hybridized carbons (Fsp3) is 0.619. The second kappa shape index (κ2) is 8.09. The lowest BCUT2D eigenvalue weighted by Gasteiger charge is -2.53. The van der Waals surface area contributed by atoms with E-state index in [1.54, 1.807) is 0 Å². The van der Waals surface area contributed by atoms with Crippen molar-refractivity contribution in [2.24, 2.45) is 5.92 Å². The van der Waals surface area contributed by atoms with Crippen LogP contribution in [-0.4, -0.2) is 46.9 Å². The summed E-state index contributed by atoms with van der Waals surface area (Å²) in [5, 5.41) is 4.06. The Morgan fingerprint density at radius 2 is 2.19 bits per heavy atom. The van der Waals surface area contributed by atoms with Gasteiger partial charge in [0.1, 0.15) is 5.76 Å². The van der Waals surface area contributed by atoms with E-state index in [1.165, 1.54) is 5.56 Å². The van der Waals surface area contributed by atoms with Gasteiger partial charge >= 0.3 is 0 Å². The molecule has 146 valence electrons. The van der Waals surface area contributed by atoms with Gasteiger partial charge < -0.3 is 14.0 Å². The van der Waals surface area contributed by atoms with Gasteiger partial charge in [-0.15, -0.1) is 0 Å². The van der Waals surface area contributed by atoms with Crippen molar-refractivity contribution in [1.29, 1.82) is 0 Å². The Morgan fingerprint density at radius 1 is 1.30 bits per heavy atom. The first-order valence-corrected chi connectivity index (χ1v) is 9.89. The monoisotopic (exact) mass is 371 g/mol. The highest BCUT2D eigenvalue weighted by Crippen LogP contribution is 2.39. The zero-order valence-corrected chi connectivity index (χ0v) is 16.3. The van der Waals surface area contributed by atoms with Gasteiger partial charge in [-0.2, -0.15) is 0 Å². The highest BCUT2D eigenvalue weighted by molar-refractivity contribution is 5.21. The molecule has 0 unspecified atom stereocenters. The van der Waals surface area contributed by atoms with Crippen LogP contribution >= 0.6 is 0 Å². The molecule has 0 aliphatic carbocycles.